The Bertz CT molecular complexity index is 966. The molecule has 1 aliphatic carbocycles. The van der Waals surface area contributed by atoms with Gasteiger partial charge in [-0.15, -0.1) is 0 Å². The van der Waals surface area contributed by atoms with E-state index in [1.807, 2.05) is 18.2 Å². The van der Waals surface area contributed by atoms with Gasteiger partial charge in [0.05, 0.1) is 23.6 Å². The van der Waals surface area contributed by atoms with Crippen LogP contribution in [0.1, 0.15) is 56.9 Å². The zero-order valence-corrected chi connectivity index (χ0v) is 21.8. The number of carboxylic acid groups (broad SMARTS) is 1. The molecule has 1 saturated heterocycles. The first-order chi connectivity index (χ1) is 16.5. The standard InChI is InChI=1S/C27H37ClN2O3S/c1-33-20-10-11-26-23(16-20)22(25(28)17-29-26)9-5-6-19-12-13-30(18-24(19)27(31)32)14-15-34-21-7-3-2-4-8-21/h10-11,16-17,19,21,24H,2-9,12-15,18H2,1H3,(H,31,32)/t19-,24+/m0/s1. The molecule has 2 aromatic rings. The second-order valence-electron chi connectivity index (χ2n) is 9.78. The highest BCUT2D eigenvalue weighted by molar-refractivity contribution is 7.99. The zero-order chi connectivity index (χ0) is 23.9. The Kier molecular flexibility index (Phi) is 9.38. The quantitative estimate of drug-likeness (QED) is 0.409. The highest BCUT2D eigenvalue weighted by atomic mass is 35.5. The van der Waals surface area contributed by atoms with Gasteiger partial charge in [-0.1, -0.05) is 30.9 Å². The summed E-state index contributed by atoms with van der Waals surface area (Å²) in [5, 5.41) is 12.4. The Morgan fingerprint density at radius 3 is 2.85 bits per heavy atom. The minimum Gasteiger partial charge on any atom is -0.497 e. The molecule has 1 saturated carbocycles. The Morgan fingerprint density at radius 1 is 1.26 bits per heavy atom. The average molecular weight is 505 g/mol. The van der Waals surface area contributed by atoms with E-state index in [4.69, 9.17) is 16.3 Å². The maximum Gasteiger partial charge on any atom is 0.308 e. The van der Waals surface area contributed by atoms with Gasteiger partial charge in [0.2, 0.25) is 0 Å². The van der Waals surface area contributed by atoms with E-state index in [1.165, 1.54) is 32.1 Å². The summed E-state index contributed by atoms with van der Waals surface area (Å²) in [5.74, 6) is 1.21. The third kappa shape index (κ3) is 6.58. The first-order valence-electron chi connectivity index (χ1n) is 12.7. The van der Waals surface area contributed by atoms with Gasteiger partial charge in [-0.3, -0.25) is 9.78 Å². The van der Waals surface area contributed by atoms with Gasteiger partial charge in [0.15, 0.2) is 0 Å². The van der Waals surface area contributed by atoms with Crippen molar-refractivity contribution in [2.45, 2.75) is 63.0 Å². The molecular weight excluding hydrogens is 468 g/mol. The molecular formula is C27H37ClN2O3S. The van der Waals surface area contributed by atoms with Crippen molar-refractivity contribution in [3.05, 3.63) is 35.0 Å². The summed E-state index contributed by atoms with van der Waals surface area (Å²) >= 11 is 8.62. The minimum absolute atomic E-state index is 0.223. The number of aryl methyl sites for hydroxylation is 1. The fraction of sp³-hybridized carbons (Fsp3) is 0.630. The lowest BCUT2D eigenvalue weighted by molar-refractivity contribution is -0.146. The van der Waals surface area contributed by atoms with Gasteiger partial charge >= 0.3 is 5.97 Å². The maximum absolute atomic E-state index is 12.1. The van der Waals surface area contributed by atoms with Gasteiger partial charge in [0, 0.05) is 35.7 Å². The van der Waals surface area contributed by atoms with Crippen molar-refractivity contribution in [2.75, 3.05) is 32.5 Å². The Labute approximate surface area is 212 Å². The predicted octanol–water partition coefficient (Wildman–Crippen LogP) is 6.31. The molecule has 4 rings (SSSR count). The highest BCUT2D eigenvalue weighted by Crippen LogP contribution is 2.33. The zero-order valence-electron chi connectivity index (χ0n) is 20.2. The van der Waals surface area contributed by atoms with Gasteiger partial charge in [-0.2, -0.15) is 11.8 Å². The van der Waals surface area contributed by atoms with Gasteiger partial charge in [-0.05, 0) is 74.8 Å². The number of hydrogen-bond donors (Lipinski definition) is 1. The molecule has 2 aliphatic rings. The molecule has 1 aromatic heterocycles. The van der Waals surface area contributed by atoms with Crippen molar-refractivity contribution in [2.24, 2.45) is 11.8 Å². The number of aromatic nitrogens is 1. The van der Waals surface area contributed by atoms with Crippen LogP contribution < -0.4 is 4.74 Å². The summed E-state index contributed by atoms with van der Waals surface area (Å²) in [6, 6.07) is 5.86. The van der Waals surface area contributed by atoms with Crippen molar-refractivity contribution >= 4 is 40.2 Å². The molecule has 186 valence electrons. The van der Waals surface area contributed by atoms with Crippen LogP contribution in [0.3, 0.4) is 0 Å². The van der Waals surface area contributed by atoms with Crippen LogP contribution in [0.15, 0.2) is 24.4 Å². The number of benzene rings is 1. The van der Waals surface area contributed by atoms with Crippen LogP contribution in [0.5, 0.6) is 5.75 Å². The van der Waals surface area contributed by atoms with Crippen LogP contribution in [0.4, 0.5) is 0 Å². The molecule has 0 bridgehead atoms. The minimum atomic E-state index is -0.647. The predicted molar refractivity (Wildman–Crippen MR) is 141 cm³/mol. The number of aliphatic carboxylic acids is 1. The highest BCUT2D eigenvalue weighted by Gasteiger charge is 2.33. The number of halogens is 1. The summed E-state index contributed by atoms with van der Waals surface area (Å²) in [4.78, 5) is 18.9. The van der Waals surface area contributed by atoms with E-state index in [0.29, 0.717) is 11.6 Å². The van der Waals surface area contributed by atoms with Crippen LogP contribution in [-0.2, 0) is 11.2 Å². The third-order valence-electron chi connectivity index (χ3n) is 7.61. The lowest BCUT2D eigenvalue weighted by atomic mass is 9.81. The van der Waals surface area contributed by atoms with E-state index < -0.39 is 5.97 Å². The number of ether oxygens (including phenoxy) is 1. The van der Waals surface area contributed by atoms with E-state index in [-0.39, 0.29) is 11.8 Å². The number of hydrogen-bond acceptors (Lipinski definition) is 5. The summed E-state index contributed by atoms with van der Waals surface area (Å²) in [6.45, 7) is 2.70. The molecule has 0 radical (unpaired) electrons. The fourth-order valence-electron chi connectivity index (χ4n) is 5.60. The Balaban J connectivity index is 1.30. The van der Waals surface area contributed by atoms with Crippen molar-refractivity contribution in [3.8, 4) is 5.75 Å². The molecule has 1 aromatic carbocycles. The van der Waals surface area contributed by atoms with Crippen molar-refractivity contribution in [1.82, 2.24) is 9.88 Å². The third-order valence-corrected chi connectivity index (χ3v) is 9.29. The monoisotopic (exact) mass is 504 g/mol. The summed E-state index contributed by atoms with van der Waals surface area (Å²) in [7, 11) is 1.66. The number of thioether (sulfide) groups is 1. The Morgan fingerprint density at radius 2 is 2.09 bits per heavy atom. The first kappa shape index (κ1) is 25.6. The normalized spacial score (nSPS) is 22.2. The van der Waals surface area contributed by atoms with Crippen LogP contribution in [0, 0.1) is 11.8 Å². The second kappa shape index (κ2) is 12.5. The topological polar surface area (TPSA) is 62.7 Å². The number of methoxy groups -OCH3 is 1. The molecule has 2 atom stereocenters. The summed E-state index contributed by atoms with van der Waals surface area (Å²) in [6.07, 6.45) is 12.2. The number of nitrogens with zero attached hydrogens (tertiary/aromatic N) is 2. The number of piperidine rings is 1. The number of pyridine rings is 1. The molecule has 1 aliphatic heterocycles. The fourth-order valence-corrected chi connectivity index (χ4v) is 7.21. The molecule has 5 nitrogen and oxygen atoms in total. The lowest BCUT2D eigenvalue weighted by Gasteiger charge is -2.37. The maximum atomic E-state index is 12.1. The van der Waals surface area contributed by atoms with Crippen molar-refractivity contribution < 1.29 is 14.6 Å². The number of likely N-dealkylation sites (tertiary alicyclic amines) is 1. The smallest absolute Gasteiger partial charge is 0.308 e. The number of carboxylic acids is 1. The second-order valence-corrected chi connectivity index (χ2v) is 11.6. The first-order valence-corrected chi connectivity index (χ1v) is 14.2. The van der Waals surface area contributed by atoms with Gasteiger partial charge in [-0.25, -0.2) is 0 Å². The largest absolute Gasteiger partial charge is 0.497 e. The molecule has 0 amide bonds. The molecule has 1 N–H and O–H groups in total. The SMILES string of the molecule is COc1ccc2ncc(Cl)c(CCC[C@H]3CCN(CCSC4CCCCC4)C[C@H]3C(=O)O)c2c1. The van der Waals surface area contributed by atoms with E-state index in [1.54, 1.807) is 13.3 Å². The molecule has 2 fully saturated rings. The van der Waals surface area contributed by atoms with Gasteiger partial charge < -0.3 is 14.7 Å². The number of fused-ring (bicyclic) bond motifs is 1. The molecule has 0 spiro atoms. The van der Waals surface area contributed by atoms with Crippen LogP contribution in [-0.4, -0.2) is 58.7 Å². The number of rotatable bonds is 10. The van der Waals surface area contributed by atoms with Crippen molar-refractivity contribution in [1.29, 1.82) is 0 Å². The van der Waals surface area contributed by atoms with Gasteiger partial charge in [0.1, 0.15) is 5.75 Å². The van der Waals surface area contributed by atoms with E-state index >= 15 is 0 Å². The molecule has 2 heterocycles. The molecule has 34 heavy (non-hydrogen) atoms. The van der Waals surface area contributed by atoms with E-state index in [9.17, 15) is 9.90 Å². The van der Waals surface area contributed by atoms with E-state index in [2.05, 4.69) is 21.6 Å². The number of carbonyl (C=O) groups is 1. The summed E-state index contributed by atoms with van der Waals surface area (Å²) < 4.78 is 5.39. The lowest BCUT2D eigenvalue weighted by Crippen LogP contribution is -2.44. The summed E-state index contributed by atoms with van der Waals surface area (Å²) in [5.41, 5.74) is 1.98. The van der Waals surface area contributed by atoms with Crippen LogP contribution >= 0.6 is 23.4 Å². The average Bonchev–Trinajstić information content (AvgIpc) is 2.86. The molecule has 0 unspecified atom stereocenters. The molecule has 7 heteroatoms. The van der Waals surface area contributed by atoms with Crippen LogP contribution in [0.2, 0.25) is 5.02 Å². The Hall–Kier alpha value is -1.50. The van der Waals surface area contributed by atoms with Gasteiger partial charge in [0.25, 0.3) is 0 Å². The van der Waals surface area contributed by atoms with Crippen LogP contribution in [0.25, 0.3) is 10.9 Å². The van der Waals surface area contributed by atoms with E-state index in [0.717, 1.165) is 72.0 Å². The van der Waals surface area contributed by atoms with Crippen molar-refractivity contribution in [3.63, 3.8) is 0 Å².